The molecule has 2 aromatic heterocycles. The van der Waals surface area contributed by atoms with Crippen LogP contribution in [0.1, 0.15) is 6.92 Å². The Morgan fingerprint density at radius 2 is 2.28 bits per heavy atom. The average molecular weight is 287 g/mol. The van der Waals surface area contributed by atoms with E-state index >= 15 is 0 Å². The van der Waals surface area contributed by atoms with Crippen LogP contribution in [0.5, 0.6) is 0 Å². The molecular weight excluding hydrogens is 276 g/mol. The van der Waals surface area contributed by atoms with Gasteiger partial charge in [0.2, 0.25) is 0 Å². The molecule has 0 amide bonds. The Bertz CT molecular complexity index is 653. The number of hydrogen-bond acceptors (Lipinski definition) is 4. The maximum Gasteiger partial charge on any atom is 0.266 e. The van der Waals surface area contributed by atoms with Gasteiger partial charge < -0.3 is 0 Å². The summed E-state index contributed by atoms with van der Waals surface area (Å²) in [5.74, 6) is 0.173. The van der Waals surface area contributed by atoms with E-state index in [0.29, 0.717) is 11.6 Å². The van der Waals surface area contributed by atoms with Crippen molar-refractivity contribution in [3.63, 3.8) is 0 Å². The number of hydrogen-bond donors (Lipinski definition) is 1. The molecule has 0 aliphatic rings. The second-order valence-electron chi connectivity index (χ2n) is 3.50. The molecular formula is C10H11ClN4O2S. The van der Waals surface area contributed by atoms with Crippen molar-refractivity contribution in [2.75, 3.05) is 4.72 Å². The number of nitrogens with zero attached hydrogens (tertiary/aromatic N) is 3. The van der Waals surface area contributed by atoms with Crippen LogP contribution in [0.15, 0.2) is 35.6 Å². The molecule has 6 nitrogen and oxygen atoms in total. The average Bonchev–Trinajstić information content (AvgIpc) is 2.77. The summed E-state index contributed by atoms with van der Waals surface area (Å²) in [5, 5.41) is 4.32. The number of aromatic nitrogens is 3. The van der Waals surface area contributed by atoms with Gasteiger partial charge in [0.15, 0.2) is 0 Å². The van der Waals surface area contributed by atoms with Crippen LogP contribution < -0.4 is 4.72 Å². The van der Waals surface area contributed by atoms with Crippen molar-refractivity contribution in [2.45, 2.75) is 18.4 Å². The Morgan fingerprint density at radius 3 is 2.89 bits per heavy atom. The van der Waals surface area contributed by atoms with E-state index in [1.807, 2.05) is 6.92 Å². The van der Waals surface area contributed by atoms with E-state index in [0.717, 1.165) is 0 Å². The number of anilines is 1. The van der Waals surface area contributed by atoms with Crippen molar-refractivity contribution in [1.29, 1.82) is 0 Å². The summed E-state index contributed by atoms with van der Waals surface area (Å²) in [4.78, 5) is 3.96. The highest BCUT2D eigenvalue weighted by atomic mass is 35.5. The molecule has 0 saturated heterocycles. The first-order valence-corrected chi connectivity index (χ1v) is 7.04. The third-order valence-electron chi connectivity index (χ3n) is 2.20. The molecule has 0 atom stereocenters. The van der Waals surface area contributed by atoms with Gasteiger partial charge in [-0.25, -0.2) is 13.4 Å². The zero-order chi connectivity index (χ0) is 13.2. The monoisotopic (exact) mass is 286 g/mol. The topological polar surface area (TPSA) is 76.9 Å². The highest BCUT2D eigenvalue weighted by Crippen LogP contribution is 2.16. The van der Waals surface area contributed by atoms with E-state index < -0.39 is 10.0 Å². The molecule has 0 spiro atoms. The van der Waals surface area contributed by atoms with E-state index in [1.165, 1.54) is 29.3 Å². The highest BCUT2D eigenvalue weighted by molar-refractivity contribution is 7.92. The predicted octanol–water partition coefficient (Wildman–Crippen LogP) is 1.75. The molecule has 0 fully saturated rings. The fourth-order valence-electron chi connectivity index (χ4n) is 1.31. The molecule has 0 unspecified atom stereocenters. The second-order valence-corrected chi connectivity index (χ2v) is 5.62. The number of nitrogens with one attached hydrogen (secondary N) is 1. The summed E-state index contributed by atoms with van der Waals surface area (Å²) >= 11 is 5.75. The van der Waals surface area contributed by atoms with Crippen molar-refractivity contribution in [2.24, 2.45) is 0 Å². The number of sulfonamides is 1. The van der Waals surface area contributed by atoms with Crippen LogP contribution in [0.4, 0.5) is 5.82 Å². The molecule has 1 N–H and O–H groups in total. The van der Waals surface area contributed by atoms with Crippen molar-refractivity contribution in [3.8, 4) is 0 Å². The Hall–Kier alpha value is -1.60. The van der Waals surface area contributed by atoms with E-state index in [4.69, 9.17) is 11.6 Å². The van der Waals surface area contributed by atoms with Crippen LogP contribution in [0, 0.1) is 0 Å². The van der Waals surface area contributed by atoms with Crippen molar-refractivity contribution in [3.05, 3.63) is 35.7 Å². The summed E-state index contributed by atoms with van der Waals surface area (Å²) in [6.07, 6.45) is 4.17. The van der Waals surface area contributed by atoms with Crippen LogP contribution >= 0.6 is 11.6 Å². The minimum absolute atomic E-state index is 0.0890. The van der Waals surface area contributed by atoms with Crippen molar-refractivity contribution in [1.82, 2.24) is 14.8 Å². The zero-order valence-corrected chi connectivity index (χ0v) is 11.1. The maximum atomic E-state index is 12.0. The molecule has 0 aliphatic heterocycles. The Kier molecular flexibility index (Phi) is 3.53. The minimum Gasteiger partial charge on any atom is -0.272 e. The van der Waals surface area contributed by atoms with Crippen molar-refractivity contribution >= 4 is 27.4 Å². The standard InChI is InChI=1S/C10H11ClN4O2S/c1-2-15-7-9(6-13-15)18(16,17)14-10-5-8(11)3-4-12-10/h3-7H,2H2,1H3,(H,12,14). The highest BCUT2D eigenvalue weighted by Gasteiger charge is 2.17. The molecule has 0 saturated carbocycles. The van der Waals surface area contributed by atoms with Crippen molar-refractivity contribution < 1.29 is 8.42 Å². The summed E-state index contributed by atoms with van der Waals surface area (Å²) in [7, 11) is -3.67. The number of halogens is 1. The van der Waals surface area contributed by atoms with Gasteiger partial charge in [-0.3, -0.25) is 9.40 Å². The number of rotatable bonds is 4. The van der Waals surface area contributed by atoms with E-state index in [1.54, 1.807) is 6.07 Å². The predicted molar refractivity (Wildman–Crippen MR) is 68.0 cm³/mol. The van der Waals surface area contributed by atoms with Gasteiger partial charge in [0.05, 0.1) is 6.20 Å². The molecule has 2 aromatic rings. The van der Waals surface area contributed by atoms with E-state index in [-0.39, 0.29) is 10.7 Å². The van der Waals surface area contributed by atoms with E-state index in [9.17, 15) is 8.42 Å². The van der Waals surface area contributed by atoms with Gasteiger partial charge >= 0.3 is 0 Å². The molecule has 2 heterocycles. The lowest BCUT2D eigenvalue weighted by Gasteiger charge is -2.04. The van der Waals surface area contributed by atoms with Crippen LogP contribution in [0.3, 0.4) is 0 Å². The van der Waals surface area contributed by atoms with Gasteiger partial charge in [0, 0.05) is 30.0 Å². The van der Waals surface area contributed by atoms with Gasteiger partial charge in [-0.05, 0) is 13.0 Å². The van der Waals surface area contributed by atoms with E-state index in [2.05, 4.69) is 14.8 Å². The van der Waals surface area contributed by atoms with Gasteiger partial charge in [-0.2, -0.15) is 5.10 Å². The summed E-state index contributed by atoms with van der Waals surface area (Å²) in [6.45, 7) is 2.47. The third kappa shape index (κ3) is 2.80. The smallest absolute Gasteiger partial charge is 0.266 e. The third-order valence-corrected chi connectivity index (χ3v) is 3.75. The lowest BCUT2D eigenvalue weighted by Crippen LogP contribution is -2.13. The lowest BCUT2D eigenvalue weighted by atomic mass is 10.5. The van der Waals surface area contributed by atoms with Gasteiger partial charge in [0.25, 0.3) is 10.0 Å². The fraction of sp³-hybridized carbons (Fsp3) is 0.200. The summed E-state index contributed by atoms with van der Waals surface area (Å²) in [6, 6.07) is 3.00. The second kappa shape index (κ2) is 4.95. The molecule has 0 aliphatic carbocycles. The first kappa shape index (κ1) is 12.8. The maximum absolute atomic E-state index is 12.0. The Morgan fingerprint density at radius 1 is 1.50 bits per heavy atom. The van der Waals surface area contributed by atoms with Gasteiger partial charge in [0.1, 0.15) is 10.7 Å². The zero-order valence-electron chi connectivity index (χ0n) is 9.54. The first-order chi connectivity index (χ1) is 8.51. The van der Waals surface area contributed by atoms with Crippen LogP contribution in [0.25, 0.3) is 0 Å². The fourth-order valence-corrected chi connectivity index (χ4v) is 2.42. The molecule has 8 heteroatoms. The Labute approximate surface area is 110 Å². The number of aryl methyl sites for hydroxylation is 1. The first-order valence-electron chi connectivity index (χ1n) is 5.18. The summed E-state index contributed by atoms with van der Waals surface area (Å²) < 4.78 is 27.9. The summed E-state index contributed by atoms with van der Waals surface area (Å²) in [5.41, 5.74) is 0. The van der Waals surface area contributed by atoms with Gasteiger partial charge in [-0.15, -0.1) is 0 Å². The minimum atomic E-state index is -3.67. The molecule has 2 rings (SSSR count). The quantitative estimate of drug-likeness (QED) is 0.929. The SMILES string of the molecule is CCn1cc(S(=O)(=O)Nc2cc(Cl)ccn2)cn1. The van der Waals surface area contributed by atoms with Crippen LogP contribution in [-0.2, 0) is 16.6 Å². The Balaban J connectivity index is 2.27. The largest absolute Gasteiger partial charge is 0.272 e. The molecule has 0 bridgehead atoms. The molecule has 96 valence electrons. The lowest BCUT2D eigenvalue weighted by molar-refractivity contribution is 0.600. The molecule has 0 aromatic carbocycles. The molecule has 0 radical (unpaired) electrons. The van der Waals surface area contributed by atoms with Gasteiger partial charge in [-0.1, -0.05) is 11.6 Å². The molecule has 18 heavy (non-hydrogen) atoms. The van der Waals surface area contributed by atoms with Crippen LogP contribution in [0.2, 0.25) is 5.02 Å². The van der Waals surface area contributed by atoms with Crippen LogP contribution in [-0.4, -0.2) is 23.2 Å². The number of pyridine rings is 1. The normalized spacial score (nSPS) is 11.4.